The van der Waals surface area contributed by atoms with Crippen LogP contribution in [0.4, 0.5) is 0 Å². The molecular weight excluding hydrogens is 284 g/mol. The molecule has 108 valence electrons. The summed E-state index contributed by atoms with van der Waals surface area (Å²) in [7, 11) is 1.71. The van der Waals surface area contributed by atoms with Gasteiger partial charge in [0.2, 0.25) is 0 Å². The normalized spacial score (nSPS) is 11.1. The van der Waals surface area contributed by atoms with Gasteiger partial charge in [-0.1, -0.05) is 24.3 Å². The number of aryl methyl sites for hydroxylation is 1. The summed E-state index contributed by atoms with van der Waals surface area (Å²) >= 11 is 5.93. The van der Waals surface area contributed by atoms with Crippen molar-refractivity contribution in [3.05, 3.63) is 59.9 Å². The monoisotopic (exact) mass is 300 g/mol. The van der Waals surface area contributed by atoms with Crippen LogP contribution in [0.15, 0.2) is 48.5 Å². The lowest BCUT2D eigenvalue weighted by molar-refractivity contribution is 0.185. The number of alkyl halides is 1. The van der Waals surface area contributed by atoms with Gasteiger partial charge in [0, 0.05) is 25.1 Å². The number of ether oxygens (including phenoxy) is 1. The van der Waals surface area contributed by atoms with E-state index in [0.29, 0.717) is 12.5 Å². The third-order valence-corrected chi connectivity index (χ3v) is 3.62. The molecule has 1 aromatic heterocycles. The molecule has 3 nitrogen and oxygen atoms in total. The molecule has 3 aromatic rings. The summed E-state index contributed by atoms with van der Waals surface area (Å²) in [4.78, 5) is 4.70. The second kappa shape index (κ2) is 6.29. The Bertz CT molecular complexity index is 751. The number of benzene rings is 2. The smallest absolute Gasteiger partial charge is 0.115 e. The summed E-state index contributed by atoms with van der Waals surface area (Å²) in [6.45, 7) is 0.602. The van der Waals surface area contributed by atoms with Gasteiger partial charge in [-0.3, -0.25) is 4.57 Å². The second-order valence-electron chi connectivity index (χ2n) is 4.89. The first-order valence-corrected chi connectivity index (χ1v) is 7.47. The molecule has 0 N–H and O–H groups in total. The first-order valence-electron chi connectivity index (χ1n) is 6.94. The van der Waals surface area contributed by atoms with Gasteiger partial charge in [-0.05, 0) is 29.8 Å². The zero-order chi connectivity index (χ0) is 14.7. The number of hydrogen-bond acceptors (Lipinski definition) is 2. The van der Waals surface area contributed by atoms with Crippen LogP contribution in [0.5, 0.6) is 0 Å². The third kappa shape index (κ3) is 2.80. The standard InChI is InChI=1S/C17H17ClN2O/c1-21-12-13-5-4-6-14(11-13)20-16-8-3-2-7-15(16)19-17(20)9-10-18/h2-8,11H,9-10,12H2,1H3. The minimum Gasteiger partial charge on any atom is -0.380 e. The number of imidazole rings is 1. The zero-order valence-electron chi connectivity index (χ0n) is 11.9. The van der Waals surface area contributed by atoms with Crippen LogP contribution < -0.4 is 0 Å². The first kappa shape index (κ1) is 14.1. The van der Waals surface area contributed by atoms with Gasteiger partial charge in [-0.15, -0.1) is 11.6 Å². The predicted molar refractivity (Wildman–Crippen MR) is 86.2 cm³/mol. The van der Waals surface area contributed by atoms with E-state index in [1.54, 1.807) is 7.11 Å². The maximum atomic E-state index is 5.93. The molecule has 0 aliphatic heterocycles. The van der Waals surface area contributed by atoms with Crippen molar-refractivity contribution in [2.45, 2.75) is 13.0 Å². The Morgan fingerprint density at radius 2 is 2.00 bits per heavy atom. The Kier molecular flexibility index (Phi) is 4.23. The van der Waals surface area contributed by atoms with Crippen molar-refractivity contribution >= 4 is 22.6 Å². The van der Waals surface area contributed by atoms with Gasteiger partial charge in [0.1, 0.15) is 5.82 Å². The number of halogens is 1. The van der Waals surface area contributed by atoms with Gasteiger partial charge in [-0.2, -0.15) is 0 Å². The van der Waals surface area contributed by atoms with Gasteiger partial charge in [0.15, 0.2) is 0 Å². The first-order chi connectivity index (χ1) is 10.3. The van der Waals surface area contributed by atoms with Gasteiger partial charge < -0.3 is 4.74 Å². The highest BCUT2D eigenvalue weighted by molar-refractivity contribution is 6.17. The lowest BCUT2D eigenvalue weighted by atomic mass is 10.2. The number of aromatic nitrogens is 2. The lowest BCUT2D eigenvalue weighted by Crippen LogP contribution is -2.03. The van der Waals surface area contributed by atoms with Crippen molar-refractivity contribution in [1.82, 2.24) is 9.55 Å². The molecular formula is C17H17ClN2O. The minimum absolute atomic E-state index is 0.557. The minimum atomic E-state index is 0.557. The van der Waals surface area contributed by atoms with Crippen LogP contribution in [0.1, 0.15) is 11.4 Å². The number of rotatable bonds is 5. The highest BCUT2D eigenvalue weighted by Crippen LogP contribution is 2.23. The van der Waals surface area contributed by atoms with Crippen LogP contribution in [0, 0.1) is 0 Å². The fraction of sp³-hybridized carbons (Fsp3) is 0.235. The molecule has 4 heteroatoms. The lowest BCUT2D eigenvalue weighted by Gasteiger charge is -2.10. The van der Waals surface area contributed by atoms with E-state index in [-0.39, 0.29) is 0 Å². The SMILES string of the molecule is COCc1cccc(-n2c(CCCl)nc3ccccc32)c1. The Hall–Kier alpha value is -1.84. The van der Waals surface area contributed by atoms with Crippen LogP contribution in [0.2, 0.25) is 0 Å². The van der Waals surface area contributed by atoms with E-state index in [1.165, 1.54) is 0 Å². The van der Waals surface area contributed by atoms with Crippen molar-refractivity contribution in [3.63, 3.8) is 0 Å². The summed E-state index contributed by atoms with van der Waals surface area (Å²) in [6.07, 6.45) is 0.741. The average molecular weight is 301 g/mol. The molecule has 21 heavy (non-hydrogen) atoms. The average Bonchev–Trinajstić information content (AvgIpc) is 2.86. The molecule has 0 aliphatic rings. The van der Waals surface area contributed by atoms with E-state index in [4.69, 9.17) is 21.3 Å². The van der Waals surface area contributed by atoms with Crippen LogP contribution in [-0.2, 0) is 17.8 Å². The van der Waals surface area contributed by atoms with Crippen LogP contribution in [-0.4, -0.2) is 22.5 Å². The Balaban J connectivity index is 2.17. The Labute approximate surface area is 129 Å². The van der Waals surface area contributed by atoms with Crippen LogP contribution in [0.3, 0.4) is 0 Å². The molecule has 3 rings (SSSR count). The molecule has 1 heterocycles. The van der Waals surface area contributed by atoms with E-state index < -0.39 is 0 Å². The largest absolute Gasteiger partial charge is 0.380 e. The summed E-state index contributed by atoms with van der Waals surface area (Å²) in [6, 6.07) is 16.5. The van der Waals surface area contributed by atoms with Gasteiger partial charge in [0.25, 0.3) is 0 Å². The van der Waals surface area contributed by atoms with Crippen molar-refractivity contribution in [2.75, 3.05) is 13.0 Å². The molecule has 0 saturated heterocycles. The van der Waals surface area contributed by atoms with Crippen molar-refractivity contribution in [2.24, 2.45) is 0 Å². The van der Waals surface area contributed by atoms with Crippen molar-refractivity contribution < 1.29 is 4.74 Å². The molecule has 0 bridgehead atoms. The molecule has 0 aliphatic carbocycles. The maximum Gasteiger partial charge on any atom is 0.115 e. The van der Waals surface area contributed by atoms with Gasteiger partial charge in [0.05, 0.1) is 17.6 Å². The van der Waals surface area contributed by atoms with Crippen LogP contribution >= 0.6 is 11.6 Å². The van der Waals surface area contributed by atoms with Crippen molar-refractivity contribution in [1.29, 1.82) is 0 Å². The predicted octanol–water partition coefficient (Wildman–Crippen LogP) is 3.95. The highest BCUT2D eigenvalue weighted by Gasteiger charge is 2.11. The van der Waals surface area contributed by atoms with Gasteiger partial charge in [-0.25, -0.2) is 4.98 Å². The zero-order valence-corrected chi connectivity index (χ0v) is 12.7. The fourth-order valence-electron chi connectivity index (χ4n) is 2.57. The summed E-state index contributed by atoms with van der Waals surface area (Å²) in [5.41, 5.74) is 4.34. The quantitative estimate of drug-likeness (QED) is 0.667. The number of nitrogens with zero attached hydrogens (tertiary/aromatic N) is 2. The molecule has 0 amide bonds. The van der Waals surface area contributed by atoms with E-state index >= 15 is 0 Å². The topological polar surface area (TPSA) is 27.1 Å². The molecule has 0 radical (unpaired) electrons. The third-order valence-electron chi connectivity index (χ3n) is 3.43. The number of fused-ring (bicyclic) bond motifs is 1. The summed E-state index contributed by atoms with van der Waals surface area (Å²) in [5.74, 6) is 1.54. The number of hydrogen-bond donors (Lipinski definition) is 0. The van der Waals surface area contributed by atoms with E-state index in [0.717, 1.165) is 34.5 Å². The summed E-state index contributed by atoms with van der Waals surface area (Å²) in [5, 5.41) is 0. The molecule has 0 unspecified atom stereocenters. The molecule has 0 spiro atoms. The van der Waals surface area contributed by atoms with Crippen LogP contribution in [0.25, 0.3) is 16.7 Å². The van der Waals surface area contributed by atoms with E-state index in [1.807, 2.05) is 24.3 Å². The van der Waals surface area contributed by atoms with Gasteiger partial charge >= 0.3 is 0 Å². The Morgan fingerprint density at radius 3 is 2.81 bits per heavy atom. The van der Waals surface area contributed by atoms with E-state index in [2.05, 4.69) is 28.8 Å². The maximum absolute atomic E-state index is 5.93. The molecule has 0 saturated carbocycles. The highest BCUT2D eigenvalue weighted by atomic mass is 35.5. The van der Waals surface area contributed by atoms with E-state index in [9.17, 15) is 0 Å². The summed E-state index contributed by atoms with van der Waals surface area (Å²) < 4.78 is 7.40. The molecule has 2 aromatic carbocycles. The molecule has 0 fully saturated rings. The number of para-hydroxylation sites is 2. The second-order valence-corrected chi connectivity index (χ2v) is 5.27. The Morgan fingerprint density at radius 1 is 1.14 bits per heavy atom. The number of methoxy groups -OCH3 is 1. The van der Waals surface area contributed by atoms with Crippen molar-refractivity contribution in [3.8, 4) is 5.69 Å². The fourth-order valence-corrected chi connectivity index (χ4v) is 2.74. The molecule has 0 atom stereocenters.